The van der Waals surface area contributed by atoms with Gasteiger partial charge >= 0.3 is 6.18 Å². The van der Waals surface area contributed by atoms with Gasteiger partial charge in [0.05, 0.1) is 0 Å². The molecular formula is C9H18F3N3O. The molecule has 96 valence electrons. The van der Waals surface area contributed by atoms with Crippen LogP contribution < -0.4 is 11.1 Å². The Bertz CT molecular complexity index is 241. The summed E-state index contributed by atoms with van der Waals surface area (Å²) in [7, 11) is 0. The highest BCUT2D eigenvalue weighted by Gasteiger charge is 2.42. The van der Waals surface area contributed by atoms with Crippen LogP contribution in [0, 0.1) is 11.8 Å². The van der Waals surface area contributed by atoms with E-state index < -0.39 is 24.5 Å². The number of nitrogens with two attached hydrogens (primary N) is 1. The number of oxime groups is 1. The zero-order chi connectivity index (χ0) is 12.9. The van der Waals surface area contributed by atoms with Crippen molar-refractivity contribution in [2.75, 3.05) is 6.54 Å². The van der Waals surface area contributed by atoms with Gasteiger partial charge in [0.1, 0.15) is 5.92 Å². The third kappa shape index (κ3) is 4.69. The minimum Gasteiger partial charge on any atom is -0.409 e. The van der Waals surface area contributed by atoms with Crippen LogP contribution in [-0.4, -0.2) is 29.8 Å². The van der Waals surface area contributed by atoms with Gasteiger partial charge in [-0.15, -0.1) is 0 Å². The van der Waals surface area contributed by atoms with Crippen LogP contribution in [0.3, 0.4) is 0 Å². The van der Waals surface area contributed by atoms with E-state index in [1.807, 2.05) is 13.8 Å². The predicted molar refractivity (Wildman–Crippen MR) is 55.3 cm³/mol. The number of hydrogen-bond donors (Lipinski definition) is 3. The minimum atomic E-state index is -4.51. The SMILES string of the molecule is CC(C)C(C)NCC(C(N)=NO)C(F)(F)F. The molecule has 7 heteroatoms. The molecule has 2 unspecified atom stereocenters. The van der Waals surface area contributed by atoms with Gasteiger partial charge in [0.15, 0.2) is 5.84 Å². The number of alkyl halides is 3. The molecule has 0 aromatic rings. The lowest BCUT2D eigenvalue weighted by Gasteiger charge is -2.23. The maximum Gasteiger partial charge on any atom is 0.400 e. The molecule has 0 radical (unpaired) electrons. The van der Waals surface area contributed by atoms with E-state index in [-0.39, 0.29) is 12.0 Å². The lowest BCUT2D eigenvalue weighted by molar-refractivity contribution is -0.155. The molecule has 0 fully saturated rings. The van der Waals surface area contributed by atoms with Crippen molar-refractivity contribution in [3.05, 3.63) is 0 Å². The largest absolute Gasteiger partial charge is 0.409 e. The van der Waals surface area contributed by atoms with Crippen LogP contribution in [0.4, 0.5) is 13.2 Å². The van der Waals surface area contributed by atoms with Crippen molar-refractivity contribution in [2.45, 2.75) is 33.0 Å². The van der Waals surface area contributed by atoms with Crippen LogP contribution in [-0.2, 0) is 0 Å². The van der Waals surface area contributed by atoms with Gasteiger partial charge in [-0.1, -0.05) is 19.0 Å². The average molecular weight is 241 g/mol. The molecule has 0 aromatic carbocycles. The molecule has 0 aliphatic carbocycles. The molecule has 0 saturated heterocycles. The second-order valence-electron chi connectivity index (χ2n) is 4.06. The standard InChI is InChI=1S/C9H18F3N3O/c1-5(2)6(3)14-4-7(8(13)15-16)9(10,11)12/h5-7,14,16H,4H2,1-3H3,(H2,13,15). The Kier molecular flexibility index (Phi) is 5.57. The second-order valence-corrected chi connectivity index (χ2v) is 4.06. The number of rotatable bonds is 5. The number of halogens is 3. The topological polar surface area (TPSA) is 70.6 Å². The molecule has 2 atom stereocenters. The first kappa shape index (κ1) is 15.0. The second kappa shape index (κ2) is 5.93. The Morgan fingerprint density at radius 1 is 1.38 bits per heavy atom. The third-order valence-corrected chi connectivity index (χ3v) is 2.51. The first-order valence-electron chi connectivity index (χ1n) is 4.97. The Morgan fingerprint density at radius 2 is 1.88 bits per heavy atom. The molecule has 0 aliphatic heterocycles. The molecule has 4 nitrogen and oxygen atoms in total. The Balaban J connectivity index is 4.47. The van der Waals surface area contributed by atoms with Crippen LogP contribution in [0.1, 0.15) is 20.8 Å². The van der Waals surface area contributed by atoms with Gasteiger partial charge in [0.25, 0.3) is 0 Å². The highest BCUT2D eigenvalue weighted by molar-refractivity contribution is 5.83. The summed E-state index contributed by atoms with van der Waals surface area (Å²) in [5.74, 6) is -2.57. The van der Waals surface area contributed by atoms with E-state index in [4.69, 9.17) is 10.9 Å². The first-order chi connectivity index (χ1) is 7.20. The fourth-order valence-corrected chi connectivity index (χ4v) is 0.997. The molecule has 0 aromatic heterocycles. The summed E-state index contributed by atoms with van der Waals surface area (Å²) < 4.78 is 37.5. The molecule has 0 spiro atoms. The number of amidine groups is 1. The summed E-state index contributed by atoms with van der Waals surface area (Å²) in [6.07, 6.45) is -4.51. The molecule has 16 heavy (non-hydrogen) atoms. The summed E-state index contributed by atoms with van der Waals surface area (Å²) in [6, 6.07) is -0.0728. The Labute approximate surface area is 92.7 Å². The van der Waals surface area contributed by atoms with Gasteiger partial charge in [-0.2, -0.15) is 13.2 Å². The maximum atomic E-state index is 12.5. The lowest BCUT2D eigenvalue weighted by Crippen LogP contribution is -2.45. The Morgan fingerprint density at radius 3 is 2.19 bits per heavy atom. The van der Waals surface area contributed by atoms with Crippen LogP contribution in [0.25, 0.3) is 0 Å². The molecule has 0 bridgehead atoms. The number of hydrogen-bond acceptors (Lipinski definition) is 3. The van der Waals surface area contributed by atoms with Crippen molar-refractivity contribution in [1.82, 2.24) is 5.32 Å². The summed E-state index contributed by atoms with van der Waals surface area (Å²) in [4.78, 5) is 0. The molecule has 0 saturated carbocycles. The number of nitrogens with zero attached hydrogens (tertiary/aromatic N) is 1. The maximum absolute atomic E-state index is 12.5. The van der Waals surface area contributed by atoms with Crippen molar-refractivity contribution in [3.8, 4) is 0 Å². The monoisotopic (exact) mass is 241 g/mol. The van der Waals surface area contributed by atoms with Crippen LogP contribution in [0.5, 0.6) is 0 Å². The van der Waals surface area contributed by atoms with E-state index in [1.54, 1.807) is 6.92 Å². The molecule has 0 amide bonds. The third-order valence-electron chi connectivity index (χ3n) is 2.51. The van der Waals surface area contributed by atoms with Gasteiger partial charge in [-0.05, 0) is 12.8 Å². The normalized spacial score (nSPS) is 17.6. The predicted octanol–water partition coefficient (Wildman–Crippen LogP) is 1.55. The summed E-state index contributed by atoms with van der Waals surface area (Å²) in [5.41, 5.74) is 5.01. The molecule has 0 rings (SSSR count). The van der Waals surface area contributed by atoms with Crippen molar-refractivity contribution in [2.24, 2.45) is 22.7 Å². The first-order valence-corrected chi connectivity index (χ1v) is 4.97. The lowest BCUT2D eigenvalue weighted by atomic mass is 10.0. The van der Waals surface area contributed by atoms with Crippen LogP contribution >= 0.6 is 0 Å². The van der Waals surface area contributed by atoms with Gasteiger partial charge in [0, 0.05) is 12.6 Å². The van der Waals surface area contributed by atoms with E-state index in [9.17, 15) is 13.2 Å². The van der Waals surface area contributed by atoms with Crippen LogP contribution in [0.2, 0.25) is 0 Å². The van der Waals surface area contributed by atoms with Crippen molar-refractivity contribution >= 4 is 5.84 Å². The van der Waals surface area contributed by atoms with Gasteiger partial charge in [0.2, 0.25) is 0 Å². The molecule has 4 N–H and O–H groups in total. The molecular weight excluding hydrogens is 223 g/mol. The fraction of sp³-hybridized carbons (Fsp3) is 0.889. The van der Waals surface area contributed by atoms with E-state index in [2.05, 4.69) is 10.5 Å². The van der Waals surface area contributed by atoms with Gasteiger partial charge < -0.3 is 16.3 Å². The quantitative estimate of drug-likeness (QED) is 0.296. The van der Waals surface area contributed by atoms with E-state index in [0.29, 0.717) is 0 Å². The minimum absolute atomic E-state index is 0.0728. The summed E-state index contributed by atoms with van der Waals surface area (Å²) >= 11 is 0. The van der Waals surface area contributed by atoms with E-state index in [0.717, 1.165) is 0 Å². The van der Waals surface area contributed by atoms with Crippen molar-refractivity contribution in [3.63, 3.8) is 0 Å². The zero-order valence-electron chi connectivity index (χ0n) is 9.54. The summed E-state index contributed by atoms with van der Waals surface area (Å²) in [6.45, 7) is 5.18. The highest BCUT2D eigenvalue weighted by Crippen LogP contribution is 2.26. The van der Waals surface area contributed by atoms with Gasteiger partial charge in [-0.3, -0.25) is 0 Å². The Hall–Kier alpha value is -0.980. The molecule has 0 aliphatic rings. The van der Waals surface area contributed by atoms with Gasteiger partial charge in [-0.25, -0.2) is 0 Å². The van der Waals surface area contributed by atoms with Crippen molar-refractivity contribution < 1.29 is 18.4 Å². The van der Waals surface area contributed by atoms with Crippen LogP contribution in [0.15, 0.2) is 5.16 Å². The molecule has 0 heterocycles. The highest BCUT2D eigenvalue weighted by atomic mass is 19.4. The summed E-state index contributed by atoms with van der Waals surface area (Å²) in [5, 5.41) is 13.4. The fourth-order valence-electron chi connectivity index (χ4n) is 0.997. The van der Waals surface area contributed by atoms with E-state index >= 15 is 0 Å². The smallest absolute Gasteiger partial charge is 0.400 e. The number of nitrogens with one attached hydrogen (secondary N) is 1. The van der Waals surface area contributed by atoms with E-state index in [1.165, 1.54) is 0 Å². The average Bonchev–Trinajstić information content (AvgIpc) is 2.14. The van der Waals surface area contributed by atoms with Crippen molar-refractivity contribution in [1.29, 1.82) is 0 Å². The zero-order valence-corrected chi connectivity index (χ0v) is 9.54.